The first-order valence-electron chi connectivity index (χ1n) is 6.26. The maximum absolute atomic E-state index is 11.5. The second-order valence-corrected chi connectivity index (χ2v) is 7.88. The molecule has 1 aromatic carbocycles. The lowest BCUT2D eigenvalue weighted by atomic mass is 10.1. The molecule has 2 rings (SSSR count). The SMILES string of the molecule is O=C(NCC1(CS(=O)(=O)Cl)CC1)OCc1ccccc1. The van der Waals surface area contributed by atoms with Gasteiger partial charge in [-0.15, -0.1) is 0 Å². The van der Waals surface area contributed by atoms with Gasteiger partial charge in [-0.3, -0.25) is 0 Å². The number of carbonyl (C=O) groups is 1. The number of benzene rings is 1. The average Bonchev–Trinajstić information content (AvgIpc) is 3.13. The minimum atomic E-state index is -3.54. The fraction of sp³-hybridized carbons (Fsp3) is 0.462. The van der Waals surface area contributed by atoms with E-state index < -0.39 is 20.6 Å². The molecular weight excluding hydrogens is 302 g/mol. The topological polar surface area (TPSA) is 72.5 Å². The lowest BCUT2D eigenvalue weighted by Crippen LogP contribution is -2.33. The van der Waals surface area contributed by atoms with Crippen molar-refractivity contribution in [2.75, 3.05) is 12.3 Å². The molecule has 1 fully saturated rings. The van der Waals surface area contributed by atoms with Crippen LogP contribution in [-0.4, -0.2) is 26.8 Å². The Morgan fingerprint density at radius 3 is 2.50 bits per heavy atom. The van der Waals surface area contributed by atoms with Crippen molar-refractivity contribution < 1.29 is 17.9 Å². The first-order chi connectivity index (χ1) is 9.39. The third-order valence-corrected chi connectivity index (χ3v) is 4.54. The van der Waals surface area contributed by atoms with Crippen LogP contribution in [0.2, 0.25) is 0 Å². The van der Waals surface area contributed by atoms with Crippen molar-refractivity contribution >= 4 is 25.8 Å². The second-order valence-electron chi connectivity index (χ2n) is 5.10. The molecule has 0 aliphatic heterocycles. The molecule has 1 aliphatic rings. The number of halogens is 1. The molecule has 0 spiro atoms. The van der Waals surface area contributed by atoms with E-state index in [9.17, 15) is 13.2 Å². The number of carbonyl (C=O) groups excluding carboxylic acids is 1. The maximum Gasteiger partial charge on any atom is 0.407 e. The molecule has 1 N–H and O–H groups in total. The first kappa shape index (κ1) is 15.1. The Morgan fingerprint density at radius 2 is 1.95 bits per heavy atom. The van der Waals surface area contributed by atoms with Crippen LogP contribution in [0.1, 0.15) is 18.4 Å². The molecule has 0 unspecified atom stereocenters. The molecular formula is C13H16ClNO4S. The molecule has 0 radical (unpaired) electrons. The Bertz CT molecular complexity index is 569. The van der Waals surface area contributed by atoms with Crippen LogP contribution in [0.5, 0.6) is 0 Å². The molecule has 1 amide bonds. The number of alkyl carbamates (subject to hydrolysis) is 1. The quantitative estimate of drug-likeness (QED) is 0.817. The molecule has 1 saturated carbocycles. The van der Waals surface area contributed by atoms with Crippen LogP contribution in [0.4, 0.5) is 4.79 Å². The minimum absolute atomic E-state index is 0.111. The highest BCUT2D eigenvalue weighted by Gasteiger charge is 2.46. The van der Waals surface area contributed by atoms with Gasteiger partial charge in [0.2, 0.25) is 9.05 Å². The molecule has 0 bridgehead atoms. The summed E-state index contributed by atoms with van der Waals surface area (Å²) in [5.41, 5.74) is 0.485. The maximum atomic E-state index is 11.5. The number of nitrogens with one attached hydrogen (secondary N) is 1. The molecule has 0 heterocycles. The van der Waals surface area contributed by atoms with Crippen LogP contribution in [-0.2, 0) is 20.4 Å². The number of amides is 1. The highest BCUT2D eigenvalue weighted by molar-refractivity contribution is 8.13. The van der Waals surface area contributed by atoms with Crippen LogP contribution < -0.4 is 5.32 Å². The Balaban J connectivity index is 1.73. The van der Waals surface area contributed by atoms with Gasteiger partial charge < -0.3 is 10.1 Å². The Labute approximate surface area is 122 Å². The van der Waals surface area contributed by atoms with Gasteiger partial charge >= 0.3 is 6.09 Å². The molecule has 7 heteroatoms. The Morgan fingerprint density at radius 1 is 1.30 bits per heavy atom. The van der Waals surface area contributed by atoms with Crippen LogP contribution in [0.25, 0.3) is 0 Å². The molecule has 1 aromatic rings. The summed E-state index contributed by atoms with van der Waals surface area (Å²) in [6, 6.07) is 9.32. The fourth-order valence-electron chi connectivity index (χ4n) is 1.95. The smallest absolute Gasteiger partial charge is 0.407 e. The van der Waals surface area contributed by atoms with Gasteiger partial charge in [-0.25, -0.2) is 13.2 Å². The van der Waals surface area contributed by atoms with Crippen LogP contribution in [0.15, 0.2) is 30.3 Å². The van der Waals surface area contributed by atoms with Crippen molar-refractivity contribution in [2.45, 2.75) is 19.4 Å². The standard InChI is InChI=1S/C13H16ClNO4S/c14-20(17,18)10-13(6-7-13)9-15-12(16)19-8-11-4-2-1-3-5-11/h1-5H,6-10H2,(H,15,16). The van der Waals surface area contributed by atoms with Crippen molar-refractivity contribution in [2.24, 2.45) is 5.41 Å². The van der Waals surface area contributed by atoms with Gasteiger partial charge in [0.25, 0.3) is 0 Å². The highest BCUT2D eigenvalue weighted by atomic mass is 35.7. The molecule has 0 atom stereocenters. The zero-order valence-corrected chi connectivity index (χ0v) is 12.4. The molecule has 110 valence electrons. The van der Waals surface area contributed by atoms with Gasteiger partial charge in [0.15, 0.2) is 0 Å². The normalized spacial score (nSPS) is 16.4. The third kappa shape index (κ3) is 5.02. The highest BCUT2D eigenvalue weighted by Crippen LogP contribution is 2.46. The average molecular weight is 318 g/mol. The third-order valence-electron chi connectivity index (χ3n) is 3.26. The van der Waals surface area contributed by atoms with Gasteiger partial charge in [-0.2, -0.15) is 0 Å². The Kier molecular flexibility index (Phi) is 4.55. The monoisotopic (exact) mass is 317 g/mol. The van der Waals surface area contributed by atoms with E-state index in [4.69, 9.17) is 15.4 Å². The predicted molar refractivity (Wildman–Crippen MR) is 75.9 cm³/mol. The van der Waals surface area contributed by atoms with Crippen molar-refractivity contribution in [3.8, 4) is 0 Å². The van der Waals surface area contributed by atoms with Crippen LogP contribution >= 0.6 is 10.7 Å². The van der Waals surface area contributed by atoms with E-state index in [1.54, 1.807) is 0 Å². The summed E-state index contributed by atoms with van der Waals surface area (Å²) in [5.74, 6) is -0.111. The second kappa shape index (κ2) is 6.01. The van der Waals surface area contributed by atoms with E-state index in [0.29, 0.717) is 0 Å². The number of rotatable bonds is 6. The summed E-state index contributed by atoms with van der Waals surface area (Å²) in [6.07, 6.45) is 0.947. The van der Waals surface area contributed by atoms with Crippen molar-refractivity contribution in [3.63, 3.8) is 0 Å². The van der Waals surface area contributed by atoms with Crippen LogP contribution in [0.3, 0.4) is 0 Å². The number of hydrogen-bond acceptors (Lipinski definition) is 4. The molecule has 1 aliphatic carbocycles. The fourth-order valence-corrected chi connectivity index (χ4v) is 3.77. The first-order valence-corrected chi connectivity index (χ1v) is 8.73. The zero-order valence-electron chi connectivity index (χ0n) is 10.8. The van der Waals surface area contributed by atoms with E-state index in [0.717, 1.165) is 18.4 Å². The molecule has 0 aromatic heterocycles. The van der Waals surface area contributed by atoms with Crippen molar-refractivity contribution in [1.29, 1.82) is 0 Å². The predicted octanol–water partition coefficient (Wildman–Crippen LogP) is 2.26. The summed E-state index contributed by atoms with van der Waals surface area (Å²) in [4.78, 5) is 11.5. The lowest BCUT2D eigenvalue weighted by molar-refractivity contribution is 0.138. The molecule has 5 nitrogen and oxygen atoms in total. The largest absolute Gasteiger partial charge is 0.445 e. The van der Waals surface area contributed by atoms with E-state index in [1.807, 2.05) is 30.3 Å². The van der Waals surface area contributed by atoms with E-state index in [2.05, 4.69) is 5.32 Å². The van der Waals surface area contributed by atoms with Gasteiger partial charge in [-0.1, -0.05) is 30.3 Å². The summed E-state index contributed by atoms with van der Waals surface area (Å²) in [6.45, 7) is 0.458. The molecule has 20 heavy (non-hydrogen) atoms. The lowest BCUT2D eigenvalue weighted by Gasteiger charge is -2.14. The van der Waals surface area contributed by atoms with Gasteiger partial charge in [0, 0.05) is 22.6 Å². The van der Waals surface area contributed by atoms with E-state index in [1.165, 1.54) is 0 Å². The summed E-state index contributed by atoms with van der Waals surface area (Å²) in [7, 11) is 1.70. The summed E-state index contributed by atoms with van der Waals surface area (Å²) < 4.78 is 27.2. The van der Waals surface area contributed by atoms with E-state index in [-0.39, 0.29) is 18.9 Å². The number of ether oxygens (including phenoxy) is 1. The van der Waals surface area contributed by atoms with Gasteiger partial charge in [0.05, 0.1) is 5.75 Å². The zero-order chi connectivity index (χ0) is 14.6. The van der Waals surface area contributed by atoms with Crippen molar-refractivity contribution in [3.05, 3.63) is 35.9 Å². The summed E-state index contributed by atoms with van der Waals surface area (Å²) in [5, 5.41) is 2.59. The van der Waals surface area contributed by atoms with Crippen LogP contribution in [0, 0.1) is 5.41 Å². The molecule has 0 saturated heterocycles. The minimum Gasteiger partial charge on any atom is -0.445 e. The Hall–Kier alpha value is -1.27. The van der Waals surface area contributed by atoms with Gasteiger partial charge in [-0.05, 0) is 18.4 Å². The number of hydrogen-bond donors (Lipinski definition) is 1. The van der Waals surface area contributed by atoms with Gasteiger partial charge in [0.1, 0.15) is 6.61 Å². The summed E-state index contributed by atoms with van der Waals surface area (Å²) >= 11 is 0. The van der Waals surface area contributed by atoms with Crippen molar-refractivity contribution in [1.82, 2.24) is 5.32 Å². The van der Waals surface area contributed by atoms with E-state index >= 15 is 0 Å².